The summed E-state index contributed by atoms with van der Waals surface area (Å²) < 4.78 is 5.27. The summed E-state index contributed by atoms with van der Waals surface area (Å²) in [6.07, 6.45) is 0.410. The maximum atomic E-state index is 8.91. The third-order valence-electron chi connectivity index (χ3n) is 3.02. The number of hydrogen-bond donors (Lipinski definition) is 0. The van der Waals surface area contributed by atoms with Crippen molar-refractivity contribution in [3.8, 4) is 22.9 Å². The van der Waals surface area contributed by atoms with Crippen molar-refractivity contribution in [1.82, 2.24) is 0 Å². The highest BCUT2D eigenvalue weighted by Gasteiger charge is 2.08. The van der Waals surface area contributed by atoms with Crippen LogP contribution in [0.15, 0.2) is 42.5 Å². The first-order valence-electron chi connectivity index (χ1n) is 5.86. The maximum absolute atomic E-state index is 8.91. The summed E-state index contributed by atoms with van der Waals surface area (Å²) in [4.78, 5) is 0. The van der Waals surface area contributed by atoms with E-state index in [4.69, 9.17) is 10.00 Å². The van der Waals surface area contributed by atoms with Crippen molar-refractivity contribution in [2.45, 2.75) is 13.3 Å². The maximum Gasteiger partial charge on any atom is 0.119 e. The summed E-state index contributed by atoms with van der Waals surface area (Å²) in [5.74, 6) is 0.815. The Morgan fingerprint density at radius 1 is 1.11 bits per heavy atom. The van der Waals surface area contributed by atoms with E-state index >= 15 is 0 Å². The third-order valence-corrected chi connectivity index (χ3v) is 3.02. The van der Waals surface area contributed by atoms with Gasteiger partial charge in [-0.05, 0) is 41.3 Å². The van der Waals surface area contributed by atoms with Gasteiger partial charge in [0.05, 0.1) is 19.6 Å². The lowest BCUT2D eigenvalue weighted by Crippen LogP contribution is -1.92. The van der Waals surface area contributed by atoms with Gasteiger partial charge in [-0.3, -0.25) is 0 Å². The number of ether oxygens (including phenoxy) is 1. The Hall–Kier alpha value is -2.27. The number of nitrogens with zero attached hydrogens (tertiary/aromatic N) is 1. The van der Waals surface area contributed by atoms with Crippen molar-refractivity contribution in [3.05, 3.63) is 53.6 Å². The second-order valence-corrected chi connectivity index (χ2v) is 4.17. The molecule has 0 N–H and O–H groups in total. The lowest BCUT2D eigenvalue weighted by Gasteiger charge is -2.12. The Balaban J connectivity index is 2.60. The van der Waals surface area contributed by atoms with E-state index < -0.39 is 0 Å². The Kier molecular flexibility index (Phi) is 3.64. The monoisotopic (exact) mass is 237 g/mol. The molecule has 2 heteroatoms. The molecule has 0 bridgehead atoms. The van der Waals surface area contributed by atoms with Crippen LogP contribution in [0, 0.1) is 18.3 Å². The Morgan fingerprint density at radius 3 is 2.56 bits per heavy atom. The highest BCUT2D eigenvalue weighted by molar-refractivity contribution is 5.72. The van der Waals surface area contributed by atoms with E-state index in [-0.39, 0.29) is 0 Å². The average molecular weight is 237 g/mol. The highest BCUT2D eigenvalue weighted by Crippen LogP contribution is 2.30. The summed E-state index contributed by atoms with van der Waals surface area (Å²) >= 11 is 0. The molecule has 2 aromatic carbocycles. The molecule has 0 heterocycles. The van der Waals surface area contributed by atoms with Gasteiger partial charge in [0.25, 0.3) is 0 Å². The second-order valence-electron chi connectivity index (χ2n) is 4.17. The molecule has 90 valence electrons. The average Bonchev–Trinajstić information content (AvgIpc) is 2.40. The largest absolute Gasteiger partial charge is 0.497 e. The fourth-order valence-electron chi connectivity index (χ4n) is 2.05. The van der Waals surface area contributed by atoms with Crippen molar-refractivity contribution >= 4 is 0 Å². The molecular weight excluding hydrogens is 222 g/mol. The second kappa shape index (κ2) is 5.37. The number of methoxy groups -OCH3 is 1. The first kappa shape index (κ1) is 12.2. The quantitative estimate of drug-likeness (QED) is 0.814. The van der Waals surface area contributed by atoms with E-state index in [9.17, 15) is 0 Å². The predicted molar refractivity (Wildman–Crippen MR) is 72.5 cm³/mol. The third kappa shape index (κ3) is 2.36. The topological polar surface area (TPSA) is 33.0 Å². The lowest BCUT2D eigenvalue weighted by atomic mass is 9.94. The zero-order chi connectivity index (χ0) is 13.0. The number of nitriles is 1. The summed E-state index contributed by atoms with van der Waals surface area (Å²) in [6, 6.07) is 16.2. The fourth-order valence-corrected chi connectivity index (χ4v) is 2.05. The Labute approximate surface area is 107 Å². The van der Waals surface area contributed by atoms with Crippen molar-refractivity contribution in [2.24, 2.45) is 0 Å². The van der Waals surface area contributed by atoms with Crippen molar-refractivity contribution < 1.29 is 4.74 Å². The van der Waals surface area contributed by atoms with E-state index in [0.29, 0.717) is 6.42 Å². The van der Waals surface area contributed by atoms with Crippen LogP contribution in [-0.4, -0.2) is 7.11 Å². The number of aryl methyl sites for hydroxylation is 1. The van der Waals surface area contributed by atoms with Crippen LogP contribution in [-0.2, 0) is 6.42 Å². The van der Waals surface area contributed by atoms with E-state index in [2.05, 4.69) is 25.1 Å². The summed E-state index contributed by atoms with van der Waals surface area (Å²) in [5.41, 5.74) is 4.47. The van der Waals surface area contributed by atoms with Gasteiger partial charge < -0.3 is 4.74 Å². The van der Waals surface area contributed by atoms with E-state index in [1.807, 2.05) is 30.3 Å². The molecule has 0 aromatic heterocycles. The van der Waals surface area contributed by atoms with Crippen LogP contribution < -0.4 is 4.74 Å². The molecule has 0 saturated carbocycles. The standard InChI is InChI=1S/C16H15NO/c1-12-5-3-4-6-15(12)16-11-14(18-2)8-7-13(16)9-10-17/h3-8,11H,9H2,1-2H3. The van der Waals surface area contributed by atoms with Crippen LogP contribution in [0.5, 0.6) is 5.75 Å². The minimum absolute atomic E-state index is 0.410. The summed E-state index contributed by atoms with van der Waals surface area (Å²) in [5, 5.41) is 8.91. The molecule has 2 aromatic rings. The first-order chi connectivity index (χ1) is 8.76. The molecule has 0 saturated heterocycles. The molecule has 0 unspecified atom stereocenters. The van der Waals surface area contributed by atoms with E-state index in [1.165, 1.54) is 5.56 Å². The fraction of sp³-hybridized carbons (Fsp3) is 0.188. The minimum atomic E-state index is 0.410. The van der Waals surface area contributed by atoms with Gasteiger partial charge in [-0.1, -0.05) is 30.3 Å². The van der Waals surface area contributed by atoms with Gasteiger partial charge in [0.2, 0.25) is 0 Å². The van der Waals surface area contributed by atoms with Crippen molar-refractivity contribution in [1.29, 1.82) is 5.26 Å². The summed E-state index contributed by atoms with van der Waals surface area (Å²) in [7, 11) is 1.65. The van der Waals surface area contributed by atoms with Gasteiger partial charge in [-0.2, -0.15) is 5.26 Å². The number of rotatable bonds is 3. The van der Waals surface area contributed by atoms with Crippen molar-refractivity contribution in [3.63, 3.8) is 0 Å². The Bertz CT molecular complexity index is 596. The molecule has 0 aliphatic carbocycles. The van der Waals surface area contributed by atoms with Gasteiger partial charge in [0, 0.05) is 0 Å². The molecule has 0 fully saturated rings. The zero-order valence-electron chi connectivity index (χ0n) is 10.6. The highest BCUT2D eigenvalue weighted by atomic mass is 16.5. The lowest BCUT2D eigenvalue weighted by molar-refractivity contribution is 0.415. The molecule has 0 amide bonds. The predicted octanol–water partition coefficient (Wildman–Crippen LogP) is 3.74. The molecular formula is C16H15NO. The van der Waals surface area contributed by atoms with Crippen LogP contribution in [0.25, 0.3) is 11.1 Å². The van der Waals surface area contributed by atoms with Crippen LogP contribution in [0.3, 0.4) is 0 Å². The van der Waals surface area contributed by atoms with Gasteiger partial charge in [0.15, 0.2) is 0 Å². The normalized spacial score (nSPS) is 9.83. The SMILES string of the molecule is COc1ccc(CC#N)c(-c2ccccc2C)c1. The first-order valence-corrected chi connectivity index (χ1v) is 5.86. The smallest absolute Gasteiger partial charge is 0.119 e. The number of benzene rings is 2. The van der Waals surface area contributed by atoms with Crippen LogP contribution in [0.4, 0.5) is 0 Å². The molecule has 0 aliphatic rings. The molecule has 2 rings (SSSR count). The van der Waals surface area contributed by atoms with Gasteiger partial charge in [-0.25, -0.2) is 0 Å². The van der Waals surface area contributed by atoms with Gasteiger partial charge >= 0.3 is 0 Å². The van der Waals surface area contributed by atoms with Crippen molar-refractivity contribution in [2.75, 3.05) is 7.11 Å². The molecule has 0 spiro atoms. The molecule has 0 radical (unpaired) electrons. The van der Waals surface area contributed by atoms with E-state index in [1.54, 1.807) is 7.11 Å². The van der Waals surface area contributed by atoms with Gasteiger partial charge in [-0.15, -0.1) is 0 Å². The molecule has 2 nitrogen and oxygen atoms in total. The molecule has 0 atom stereocenters. The summed E-state index contributed by atoms with van der Waals surface area (Å²) in [6.45, 7) is 2.07. The van der Waals surface area contributed by atoms with E-state index in [0.717, 1.165) is 22.4 Å². The molecule has 18 heavy (non-hydrogen) atoms. The van der Waals surface area contributed by atoms with Crippen LogP contribution in [0.1, 0.15) is 11.1 Å². The molecule has 0 aliphatic heterocycles. The zero-order valence-corrected chi connectivity index (χ0v) is 10.6. The Morgan fingerprint density at radius 2 is 1.89 bits per heavy atom. The number of hydrogen-bond acceptors (Lipinski definition) is 2. The van der Waals surface area contributed by atoms with Gasteiger partial charge in [0.1, 0.15) is 5.75 Å². The van der Waals surface area contributed by atoms with Crippen LogP contribution >= 0.6 is 0 Å². The van der Waals surface area contributed by atoms with Crippen LogP contribution in [0.2, 0.25) is 0 Å². The minimum Gasteiger partial charge on any atom is -0.497 e.